The molecule has 1 amide bonds. The molecule has 5 heteroatoms. The molecule has 0 aromatic carbocycles. The van der Waals surface area contributed by atoms with Gasteiger partial charge in [-0.1, -0.05) is 12.1 Å². The Labute approximate surface area is 148 Å². The van der Waals surface area contributed by atoms with E-state index in [9.17, 15) is 9.59 Å². The van der Waals surface area contributed by atoms with Crippen LogP contribution >= 0.6 is 0 Å². The third-order valence-corrected chi connectivity index (χ3v) is 5.85. The molecule has 1 aromatic heterocycles. The first-order valence-corrected chi connectivity index (χ1v) is 9.58. The van der Waals surface area contributed by atoms with Crippen LogP contribution in [-0.4, -0.2) is 53.0 Å². The highest BCUT2D eigenvalue weighted by atomic mass is 16.2. The number of aromatic nitrogens is 1. The van der Waals surface area contributed by atoms with Crippen LogP contribution in [-0.2, 0) is 11.3 Å². The molecule has 0 unspecified atom stereocenters. The first-order chi connectivity index (χ1) is 12.2. The molecule has 134 valence electrons. The highest BCUT2D eigenvalue weighted by Gasteiger charge is 2.33. The molecule has 0 radical (unpaired) electrons. The third kappa shape index (κ3) is 3.56. The second-order valence-electron chi connectivity index (χ2n) is 7.71. The second kappa shape index (κ2) is 7.16. The number of nitrogens with zero attached hydrogens (tertiary/aromatic N) is 3. The topological polar surface area (TPSA) is 45.6 Å². The lowest BCUT2D eigenvalue weighted by Crippen LogP contribution is -2.47. The summed E-state index contributed by atoms with van der Waals surface area (Å²) in [5, 5.41) is 0. The fourth-order valence-electron chi connectivity index (χ4n) is 4.67. The van der Waals surface area contributed by atoms with E-state index >= 15 is 0 Å². The largest absolute Gasteiger partial charge is 0.339 e. The highest BCUT2D eigenvalue weighted by molar-refractivity contribution is 5.87. The van der Waals surface area contributed by atoms with Crippen molar-refractivity contribution in [3.8, 4) is 0 Å². The second-order valence-corrected chi connectivity index (χ2v) is 7.71. The maximum Gasteiger partial charge on any atom is 0.250 e. The lowest BCUT2D eigenvalue weighted by Gasteiger charge is -2.42. The van der Waals surface area contributed by atoms with Crippen molar-refractivity contribution in [2.75, 3.05) is 32.7 Å². The number of hydrogen-bond donors (Lipinski definition) is 0. The third-order valence-electron chi connectivity index (χ3n) is 5.85. The Balaban J connectivity index is 1.37. The number of likely N-dealkylation sites (tertiary alicyclic amines) is 2. The van der Waals surface area contributed by atoms with Crippen LogP contribution in [0.5, 0.6) is 0 Å². The summed E-state index contributed by atoms with van der Waals surface area (Å²) in [5.41, 5.74) is 1.31. The van der Waals surface area contributed by atoms with E-state index in [1.165, 1.54) is 18.5 Å². The lowest BCUT2D eigenvalue weighted by atomic mass is 9.83. The van der Waals surface area contributed by atoms with Crippen molar-refractivity contribution in [3.63, 3.8) is 0 Å². The van der Waals surface area contributed by atoms with Gasteiger partial charge in [0, 0.05) is 63.0 Å². The summed E-state index contributed by atoms with van der Waals surface area (Å²) in [6.45, 7) is 5.45. The Bertz CT molecular complexity index is 718. The van der Waals surface area contributed by atoms with Gasteiger partial charge in [-0.05, 0) is 37.7 Å². The zero-order valence-corrected chi connectivity index (χ0v) is 14.8. The van der Waals surface area contributed by atoms with Crippen molar-refractivity contribution >= 4 is 5.91 Å². The number of pyridine rings is 1. The molecule has 0 spiro atoms. The summed E-state index contributed by atoms with van der Waals surface area (Å²) in [4.78, 5) is 28.7. The van der Waals surface area contributed by atoms with Crippen LogP contribution in [0.3, 0.4) is 0 Å². The summed E-state index contributed by atoms with van der Waals surface area (Å²) in [6, 6.07) is 5.64. The van der Waals surface area contributed by atoms with Gasteiger partial charge in [0.2, 0.25) is 5.91 Å². The highest BCUT2D eigenvalue weighted by Crippen LogP contribution is 2.34. The number of carbonyl (C=O) groups is 1. The number of carbonyl (C=O) groups excluding carboxylic acids is 1. The van der Waals surface area contributed by atoms with Gasteiger partial charge in [0.25, 0.3) is 5.56 Å². The van der Waals surface area contributed by atoms with Gasteiger partial charge >= 0.3 is 0 Å². The van der Waals surface area contributed by atoms with E-state index in [2.05, 4.69) is 11.0 Å². The average molecular weight is 341 g/mol. The maximum atomic E-state index is 12.2. The van der Waals surface area contributed by atoms with Crippen LogP contribution in [0.25, 0.3) is 0 Å². The van der Waals surface area contributed by atoms with Crippen molar-refractivity contribution in [2.45, 2.75) is 38.1 Å². The van der Waals surface area contributed by atoms with Crippen LogP contribution < -0.4 is 5.56 Å². The van der Waals surface area contributed by atoms with Crippen molar-refractivity contribution in [2.24, 2.45) is 5.92 Å². The number of fused-ring (bicyclic) bond motifs is 4. The molecule has 1 aromatic rings. The van der Waals surface area contributed by atoms with Gasteiger partial charge in [-0.3, -0.25) is 14.5 Å². The van der Waals surface area contributed by atoms with Crippen LogP contribution in [0.2, 0.25) is 0 Å². The Hall–Kier alpha value is -1.88. The van der Waals surface area contributed by atoms with Crippen molar-refractivity contribution in [1.82, 2.24) is 14.4 Å². The van der Waals surface area contributed by atoms with Crippen LogP contribution in [0.15, 0.2) is 35.1 Å². The average Bonchev–Trinajstić information content (AvgIpc) is 2.63. The van der Waals surface area contributed by atoms with Crippen LogP contribution in [0.1, 0.15) is 37.3 Å². The van der Waals surface area contributed by atoms with Gasteiger partial charge in [-0.15, -0.1) is 0 Å². The van der Waals surface area contributed by atoms with E-state index in [1.807, 2.05) is 21.6 Å². The molecule has 3 aliphatic rings. The molecule has 2 bridgehead atoms. The van der Waals surface area contributed by atoms with E-state index in [0.29, 0.717) is 11.8 Å². The lowest BCUT2D eigenvalue weighted by molar-refractivity contribution is -0.126. The molecule has 4 heterocycles. The first kappa shape index (κ1) is 16.6. The smallest absolute Gasteiger partial charge is 0.250 e. The molecule has 25 heavy (non-hydrogen) atoms. The van der Waals surface area contributed by atoms with Gasteiger partial charge in [-0.2, -0.15) is 0 Å². The Morgan fingerprint density at radius 2 is 1.96 bits per heavy atom. The first-order valence-electron chi connectivity index (χ1n) is 9.58. The zero-order valence-electron chi connectivity index (χ0n) is 14.8. The predicted octanol–water partition coefficient (Wildman–Crippen LogP) is 1.84. The molecular formula is C20H27N3O2. The number of piperidine rings is 2. The van der Waals surface area contributed by atoms with Crippen molar-refractivity contribution < 1.29 is 4.79 Å². The number of amides is 1. The Kier molecular flexibility index (Phi) is 4.75. The SMILES string of the molecule is O=C(C=CCN1C[C@@H]2C[C@H](C1)c1cccc(=O)n1C2)N1CCCCC1. The molecular weight excluding hydrogens is 314 g/mol. The van der Waals surface area contributed by atoms with E-state index in [-0.39, 0.29) is 11.5 Å². The molecule has 0 saturated carbocycles. The van der Waals surface area contributed by atoms with E-state index in [4.69, 9.17) is 0 Å². The fraction of sp³-hybridized carbons (Fsp3) is 0.600. The Morgan fingerprint density at radius 1 is 1.12 bits per heavy atom. The summed E-state index contributed by atoms with van der Waals surface area (Å²) < 4.78 is 1.96. The predicted molar refractivity (Wildman–Crippen MR) is 97.6 cm³/mol. The van der Waals surface area contributed by atoms with Gasteiger partial charge in [0.05, 0.1) is 0 Å². The van der Waals surface area contributed by atoms with Crippen LogP contribution in [0.4, 0.5) is 0 Å². The minimum Gasteiger partial charge on any atom is -0.339 e. The normalized spacial score (nSPS) is 26.6. The summed E-state index contributed by atoms with van der Waals surface area (Å²) in [6.07, 6.45) is 8.47. The minimum atomic E-state index is 0.132. The van der Waals surface area contributed by atoms with Gasteiger partial charge in [0.1, 0.15) is 0 Å². The van der Waals surface area contributed by atoms with Gasteiger partial charge in [-0.25, -0.2) is 0 Å². The monoisotopic (exact) mass is 341 g/mol. The zero-order chi connectivity index (χ0) is 17.2. The van der Waals surface area contributed by atoms with Gasteiger partial charge < -0.3 is 9.47 Å². The molecule has 3 aliphatic heterocycles. The maximum absolute atomic E-state index is 12.2. The van der Waals surface area contributed by atoms with Crippen molar-refractivity contribution in [1.29, 1.82) is 0 Å². The molecule has 2 atom stereocenters. The molecule has 5 nitrogen and oxygen atoms in total. The fourth-order valence-corrected chi connectivity index (χ4v) is 4.67. The van der Waals surface area contributed by atoms with E-state index < -0.39 is 0 Å². The quantitative estimate of drug-likeness (QED) is 0.788. The number of hydrogen-bond acceptors (Lipinski definition) is 3. The molecule has 2 saturated heterocycles. The molecule has 2 fully saturated rings. The van der Waals surface area contributed by atoms with E-state index in [1.54, 1.807) is 12.1 Å². The molecule has 0 aliphatic carbocycles. The standard InChI is InChI=1S/C20H27N3O2/c24-19(22-10-2-1-3-11-22)8-5-9-21-13-16-12-17(15-21)18-6-4-7-20(25)23(18)14-16/h4-8,16-17H,1-3,9-15H2/t16-,17+/m0/s1. The summed E-state index contributed by atoms with van der Waals surface area (Å²) in [7, 11) is 0. The van der Waals surface area contributed by atoms with E-state index in [0.717, 1.165) is 52.1 Å². The van der Waals surface area contributed by atoms with Crippen LogP contribution in [0, 0.1) is 5.92 Å². The minimum absolute atomic E-state index is 0.132. The number of rotatable bonds is 3. The summed E-state index contributed by atoms with van der Waals surface area (Å²) in [5.74, 6) is 1.14. The Morgan fingerprint density at radius 3 is 2.80 bits per heavy atom. The summed E-state index contributed by atoms with van der Waals surface area (Å²) >= 11 is 0. The van der Waals surface area contributed by atoms with Gasteiger partial charge in [0.15, 0.2) is 0 Å². The van der Waals surface area contributed by atoms with Crippen molar-refractivity contribution in [3.05, 3.63) is 46.4 Å². The molecule has 0 N–H and O–H groups in total. The molecule has 4 rings (SSSR count).